The minimum Gasteiger partial charge on any atom is -0.121 e. The van der Waals surface area contributed by atoms with E-state index in [1.165, 1.54) is 0 Å². The molecule has 3 heteroatoms. The van der Waals surface area contributed by atoms with E-state index in [9.17, 15) is 0 Å². The molecule has 0 aliphatic carbocycles. The summed E-state index contributed by atoms with van der Waals surface area (Å²) < 4.78 is 1.16. The van der Waals surface area contributed by atoms with E-state index in [0.717, 1.165) is 14.2 Å². The van der Waals surface area contributed by atoms with Crippen LogP contribution in [0, 0.1) is 3.57 Å². The van der Waals surface area contributed by atoms with Gasteiger partial charge >= 0.3 is 0 Å². The average Bonchev–Trinajstić information content (AvgIpc) is 1.94. The van der Waals surface area contributed by atoms with Crippen LogP contribution in [0.4, 0.5) is 0 Å². The lowest BCUT2D eigenvalue weighted by Crippen LogP contribution is -1.80. The Bertz CT molecular complexity index is 235. The number of hydrogen-bond donors (Lipinski definition) is 0. The molecule has 0 spiro atoms. The van der Waals surface area contributed by atoms with Gasteiger partial charge in [-0.25, -0.2) is 0 Å². The molecule has 0 amide bonds. The van der Waals surface area contributed by atoms with Gasteiger partial charge in [-0.2, -0.15) is 0 Å². The van der Waals surface area contributed by atoms with Gasteiger partial charge in [0.05, 0.1) is 0 Å². The molecule has 54 valence electrons. The Labute approximate surface area is 83.7 Å². The molecule has 0 saturated carbocycles. The molecule has 0 nitrogen and oxygen atoms in total. The maximum absolute atomic E-state index is 5.81. The summed E-state index contributed by atoms with van der Waals surface area (Å²) >= 11 is 13.7. The minimum absolute atomic E-state index is 0.482. The molecule has 0 aliphatic heterocycles. The monoisotopic (exact) mass is 286 g/mol. The molecule has 0 saturated heterocycles. The number of rotatable bonds is 1. The zero-order valence-electron chi connectivity index (χ0n) is 5.07. The second-order valence-corrected chi connectivity index (χ2v) is 3.79. The third kappa shape index (κ3) is 2.01. The van der Waals surface area contributed by atoms with Gasteiger partial charge < -0.3 is 0 Å². The van der Waals surface area contributed by atoms with E-state index in [1.54, 1.807) is 0 Å². The fourth-order valence-electron chi connectivity index (χ4n) is 0.646. The Morgan fingerprint density at radius 3 is 2.60 bits per heavy atom. The van der Waals surface area contributed by atoms with Crippen LogP contribution in [0.5, 0.6) is 0 Å². The summed E-state index contributed by atoms with van der Waals surface area (Å²) in [5, 5.41) is 0.746. The average molecular weight is 287 g/mol. The highest BCUT2D eigenvalue weighted by Crippen LogP contribution is 2.19. The molecule has 1 rings (SSSR count). The summed E-state index contributed by atoms with van der Waals surface area (Å²) in [6, 6.07) is 5.80. The largest absolute Gasteiger partial charge is 0.121 e. The summed E-state index contributed by atoms with van der Waals surface area (Å²) in [7, 11) is 0. The van der Waals surface area contributed by atoms with E-state index in [0.29, 0.717) is 5.88 Å². The van der Waals surface area contributed by atoms with E-state index in [1.807, 2.05) is 18.2 Å². The van der Waals surface area contributed by atoms with Crippen LogP contribution in [0.2, 0.25) is 5.02 Å². The molecule has 0 aromatic heterocycles. The summed E-state index contributed by atoms with van der Waals surface area (Å²) in [6.45, 7) is 0. The summed E-state index contributed by atoms with van der Waals surface area (Å²) in [5.41, 5.74) is 0.996. The first-order chi connectivity index (χ1) is 4.74. The summed E-state index contributed by atoms with van der Waals surface area (Å²) in [5.74, 6) is 0.482. The Morgan fingerprint density at radius 2 is 2.10 bits per heavy atom. The lowest BCUT2D eigenvalue weighted by Gasteiger charge is -1.98. The smallest absolute Gasteiger partial charge is 0.0489 e. The minimum atomic E-state index is 0.482. The number of hydrogen-bond acceptors (Lipinski definition) is 0. The fourth-order valence-corrected chi connectivity index (χ4v) is 1.68. The zero-order chi connectivity index (χ0) is 7.56. The van der Waals surface area contributed by atoms with Crippen LogP contribution in [-0.4, -0.2) is 0 Å². The van der Waals surface area contributed by atoms with Crippen molar-refractivity contribution in [2.45, 2.75) is 5.88 Å². The van der Waals surface area contributed by atoms with E-state index in [4.69, 9.17) is 23.2 Å². The van der Waals surface area contributed by atoms with Crippen LogP contribution in [0.3, 0.4) is 0 Å². The molecule has 0 radical (unpaired) electrons. The van der Waals surface area contributed by atoms with Crippen molar-refractivity contribution in [1.29, 1.82) is 0 Å². The van der Waals surface area contributed by atoms with Gasteiger partial charge in [0.25, 0.3) is 0 Å². The lowest BCUT2D eigenvalue weighted by molar-refractivity contribution is 1.39. The van der Waals surface area contributed by atoms with Crippen molar-refractivity contribution in [2.75, 3.05) is 0 Å². The van der Waals surface area contributed by atoms with Crippen molar-refractivity contribution in [3.05, 3.63) is 32.4 Å². The van der Waals surface area contributed by atoms with Gasteiger partial charge in [0.15, 0.2) is 0 Å². The van der Waals surface area contributed by atoms with Crippen molar-refractivity contribution < 1.29 is 0 Å². The molecule has 1 aromatic rings. The highest BCUT2D eigenvalue weighted by Gasteiger charge is 1.97. The van der Waals surface area contributed by atoms with Crippen LogP contribution in [0.25, 0.3) is 0 Å². The summed E-state index contributed by atoms with van der Waals surface area (Å²) in [6.07, 6.45) is 0. The fraction of sp³-hybridized carbons (Fsp3) is 0.143. The van der Waals surface area contributed by atoms with Gasteiger partial charge in [0.2, 0.25) is 0 Å². The number of benzene rings is 1. The topological polar surface area (TPSA) is 0 Å². The second kappa shape index (κ2) is 3.79. The van der Waals surface area contributed by atoms with E-state index >= 15 is 0 Å². The van der Waals surface area contributed by atoms with Crippen LogP contribution in [-0.2, 0) is 5.88 Å². The lowest BCUT2D eigenvalue weighted by atomic mass is 10.2. The Hall–Kier alpha value is 0.530. The van der Waals surface area contributed by atoms with Crippen LogP contribution >= 0.6 is 45.8 Å². The zero-order valence-corrected chi connectivity index (χ0v) is 8.74. The molecule has 0 atom stereocenters. The van der Waals surface area contributed by atoms with Crippen LogP contribution in [0.15, 0.2) is 18.2 Å². The Balaban J connectivity index is 3.09. The van der Waals surface area contributed by atoms with Gasteiger partial charge in [-0.15, -0.1) is 11.6 Å². The molecule has 0 bridgehead atoms. The Morgan fingerprint density at radius 1 is 1.40 bits per heavy atom. The predicted octanol–water partition coefficient (Wildman–Crippen LogP) is 3.68. The number of halogens is 3. The predicted molar refractivity (Wildman–Crippen MR) is 53.7 cm³/mol. The van der Waals surface area contributed by atoms with E-state index in [-0.39, 0.29) is 0 Å². The summed E-state index contributed by atoms with van der Waals surface area (Å²) in [4.78, 5) is 0. The quantitative estimate of drug-likeness (QED) is 0.546. The second-order valence-electron chi connectivity index (χ2n) is 1.87. The number of alkyl halides is 1. The van der Waals surface area contributed by atoms with Crippen LogP contribution in [0.1, 0.15) is 5.56 Å². The van der Waals surface area contributed by atoms with Crippen molar-refractivity contribution >= 4 is 45.8 Å². The van der Waals surface area contributed by atoms with E-state index < -0.39 is 0 Å². The molecule has 0 fully saturated rings. The SMILES string of the molecule is ClCc1cc(I)ccc1Cl. The molecule has 0 unspecified atom stereocenters. The van der Waals surface area contributed by atoms with Gasteiger partial charge in [0.1, 0.15) is 0 Å². The van der Waals surface area contributed by atoms with Crippen molar-refractivity contribution in [1.82, 2.24) is 0 Å². The molecular weight excluding hydrogens is 282 g/mol. The first kappa shape index (κ1) is 8.62. The highest BCUT2D eigenvalue weighted by atomic mass is 127. The first-order valence-electron chi connectivity index (χ1n) is 2.74. The Kier molecular flexibility index (Phi) is 3.27. The molecular formula is C7H5Cl2I. The third-order valence-electron chi connectivity index (χ3n) is 1.15. The highest BCUT2D eigenvalue weighted by molar-refractivity contribution is 14.1. The maximum atomic E-state index is 5.81. The normalized spacial score (nSPS) is 9.90. The van der Waals surface area contributed by atoms with Gasteiger partial charge in [-0.05, 0) is 46.4 Å². The van der Waals surface area contributed by atoms with Crippen LogP contribution < -0.4 is 0 Å². The molecule has 0 N–H and O–H groups in total. The van der Waals surface area contributed by atoms with Gasteiger partial charge in [0, 0.05) is 14.5 Å². The van der Waals surface area contributed by atoms with Crippen molar-refractivity contribution in [3.8, 4) is 0 Å². The van der Waals surface area contributed by atoms with Gasteiger partial charge in [-0.1, -0.05) is 11.6 Å². The van der Waals surface area contributed by atoms with Crippen molar-refractivity contribution in [2.24, 2.45) is 0 Å². The molecule has 0 aliphatic rings. The first-order valence-corrected chi connectivity index (χ1v) is 4.73. The maximum Gasteiger partial charge on any atom is 0.0489 e. The standard InChI is InChI=1S/C7H5Cl2I/c8-4-5-3-6(10)1-2-7(5)9/h1-3H,4H2. The molecule has 10 heavy (non-hydrogen) atoms. The molecule has 0 heterocycles. The third-order valence-corrected chi connectivity index (χ3v) is 2.48. The molecule has 1 aromatic carbocycles. The van der Waals surface area contributed by atoms with Crippen molar-refractivity contribution in [3.63, 3.8) is 0 Å². The van der Waals surface area contributed by atoms with Gasteiger partial charge in [-0.3, -0.25) is 0 Å². The van der Waals surface area contributed by atoms with E-state index in [2.05, 4.69) is 22.6 Å².